The maximum absolute atomic E-state index is 12.4. The van der Waals surface area contributed by atoms with E-state index in [0.29, 0.717) is 22.2 Å². The molecule has 1 N–H and O–H groups in total. The number of hydrogen-bond donors (Lipinski definition) is 1. The van der Waals surface area contributed by atoms with E-state index >= 15 is 0 Å². The highest BCUT2D eigenvalue weighted by Gasteiger charge is 2.23. The van der Waals surface area contributed by atoms with Crippen LogP contribution in [0.2, 0.25) is 0 Å². The van der Waals surface area contributed by atoms with Crippen LogP contribution in [-0.2, 0) is 26.2 Å². The molecular formula is C20H19NO7S. The van der Waals surface area contributed by atoms with Crippen LogP contribution in [0.4, 0.5) is 5.69 Å². The molecule has 8 nitrogen and oxygen atoms in total. The van der Waals surface area contributed by atoms with Gasteiger partial charge in [0, 0.05) is 23.1 Å². The van der Waals surface area contributed by atoms with Crippen LogP contribution in [0, 0.1) is 6.92 Å². The van der Waals surface area contributed by atoms with Crippen molar-refractivity contribution < 1.29 is 27.5 Å². The number of benzene rings is 2. The second-order valence-corrected chi connectivity index (χ2v) is 8.39. The molecule has 0 aliphatic heterocycles. The van der Waals surface area contributed by atoms with Gasteiger partial charge in [-0.15, -0.1) is 0 Å². The van der Waals surface area contributed by atoms with Gasteiger partial charge in [0.1, 0.15) is 24.5 Å². The molecule has 0 aliphatic rings. The smallest absolute Gasteiger partial charge is 0.336 e. The van der Waals surface area contributed by atoms with Crippen LogP contribution in [-0.4, -0.2) is 32.3 Å². The number of aromatic hydroxyl groups is 1. The number of nitrogens with zero attached hydrogens (tertiary/aromatic N) is 1. The maximum Gasteiger partial charge on any atom is 0.336 e. The molecule has 152 valence electrons. The number of fused-ring (bicyclic) bond motifs is 1. The SMILES string of the molecule is Cc1ccccc1N(CC(=O)OCc1cc(=O)oc2cc(O)ccc12)S(C)(=O)=O. The van der Waals surface area contributed by atoms with E-state index in [1.54, 1.807) is 31.2 Å². The van der Waals surface area contributed by atoms with Crippen LogP contribution in [0.5, 0.6) is 5.75 Å². The van der Waals surface area contributed by atoms with Gasteiger partial charge in [-0.3, -0.25) is 9.10 Å². The lowest BCUT2D eigenvalue weighted by Crippen LogP contribution is -2.36. The summed E-state index contributed by atoms with van der Waals surface area (Å²) >= 11 is 0. The zero-order valence-corrected chi connectivity index (χ0v) is 16.6. The summed E-state index contributed by atoms with van der Waals surface area (Å²) in [5, 5.41) is 10.0. The Labute approximate surface area is 167 Å². The maximum atomic E-state index is 12.4. The summed E-state index contributed by atoms with van der Waals surface area (Å²) in [6.45, 7) is 0.977. The van der Waals surface area contributed by atoms with E-state index < -0.39 is 28.2 Å². The first-order valence-electron chi connectivity index (χ1n) is 8.60. The molecule has 9 heteroatoms. The van der Waals surface area contributed by atoms with Crippen LogP contribution in [0.1, 0.15) is 11.1 Å². The Morgan fingerprint density at radius 1 is 1.17 bits per heavy atom. The third-order valence-corrected chi connectivity index (χ3v) is 5.39. The fourth-order valence-electron chi connectivity index (χ4n) is 2.88. The largest absolute Gasteiger partial charge is 0.508 e. The number of carbonyl (C=O) groups is 1. The fraction of sp³-hybridized carbons (Fsp3) is 0.200. The minimum Gasteiger partial charge on any atom is -0.508 e. The van der Waals surface area contributed by atoms with Crippen molar-refractivity contribution in [3.05, 3.63) is 70.1 Å². The lowest BCUT2D eigenvalue weighted by Gasteiger charge is -2.23. The highest BCUT2D eigenvalue weighted by atomic mass is 32.2. The first-order chi connectivity index (χ1) is 13.6. The van der Waals surface area contributed by atoms with Crippen LogP contribution in [0.15, 0.2) is 57.7 Å². The minimum absolute atomic E-state index is 0.0724. The lowest BCUT2D eigenvalue weighted by molar-refractivity contribution is -0.143. The van der Waals surface area contributed by atoms with Crippen molar-refractivity contribution in [2.45, 2.75) is 13.5 Å². The molecule has 0 bridgehead atoms. The summed E-state index contributed by atoms with van der Waals surface area (Å²) in [6.07, 6.45) is 1.01. The number of phenols is 1. The molecule has 0 unspecified atom stereocenters. The molecule has 0 radical (unpaired) electrons. The third-order valence-electron chi connectivity index (χ3n) is 4.26. The molecule has 0 saturated heterocycles. The van der Waals surface area contributed by atoms with E-state index in [9.17, 15) is 23.1 Å². The van der Waals surface area contributed by atoms with Crippen LogP contribution in [0.3, 0.4) is 0 Å². The van der Waals surface area contributed by atoms with Crippen molar-refractivity contribution in [2.24, 2.45) is 0 Å². The van der Waals surface area contributed by atoms with Gasteiger partial charge in [-0.1, -0.05) is 18.2 Å². The predicted octanol–water partition coefficient (Wildman–Crippen LogP) is 2.32. The van der Waals surface area contributed by atoms with Gasteiger partial charge in [0.25, 0.3) is 0 Å². The first kappa shape index (κ1) is 20.4. The van der Waals surface area contributed by atoms with Gasteiger partial charge in [0.15, 0.2) is 0 Å². The summed E-state index contributed by atoms with van der Waals surface area (Å²) in [5.41, 5.74) is 0.949. The van der Waals surface area contributed by atoms with Crippen LogP contribution < -0.4 is 9.93 Å². The average Bonchev–Trinajstić information content (AvgIpc) is 2.63. The Balaban J connectivity index is 1.81. The predicted molar refractivity (Wildman–Crippen MR) is 107 cm³/mol. The number of aryl methyl sites for hydroxylation is 1. The molecule has 3 aromatic rings. The topological polar surface area (TPSA) is 114 Å². The van der Waals surface area contributed by atoms with Crippen molar-refractivity contribution in [1.29, 1.82) is 0 Å². The third kappa shape index (κ3) is 4.75. The normalized spacial score (nSPS) is 11.4. The van der Waals surface area contributed by atoms with E-state index in [1.807, 2.05) is 0 Å². The highest BCUT2D eigenvalue weighted by Crippen LogP contribution is 2.24. The summed E-state index contributed by atoms with van der Waals surface area (Å²) in [4.78, 5) is 24.1. The molecule has 0 saturated carbocycles. The minimum atomic E-state index is -3.72. The molecule has 0 fully saturated rings. The molecule has 0 atom stereocenters. The number of hydrogen-bond acceptors (Lipinski definition) is 7. The first-order valence-corrected chi connectivity index (χ1v) is 10.4. The van der Waals surface area contributed by atoms with Crippen molar-refractivity contribution >= 4 is 32.6 Å². The molecule has 0 spiro atoms. The van der Waals surface area contributed by atoms with Gasteiger partial charge >= 0.3 is 11.6 Å². The van der Waals surface area contributed by atoms with Gasteiger partial charge in [-0.05, 0) is 30.7 Å². The van der Waals surface area contributed by atoms with E-state index in [0.717, 1.165) is 10.6 Å². The molecule has 1 heterocycles. The number of sulfonamides is 1. The number of carbonyl (C=O) groups excluding carboxylic acids is 1. The Kier molecular flexibility index (Phi) is 5.60. The monoisotopic (exact) mass is 417 g/mol. The summed E-state index contributed by atoms with van der Waals surface area (Å²) < 4.78 is 35.6. The summed E-state index contributed by atoms with van der Waals surface area (Å²) in [6, 6.07) is 12.2. The number of rotatable bonds is 6. The fourth-order valence-corrected chi connectivity index (χ4v) is 3.79. The Bertz CT molecular complexity index is 1230. The standard InChI is InChI=1S/C20H19NO7S/c1-13-5-3-4-6-17(13)21(29(2,25)26)11-20(24)27-12-14-9-19(23)28-18-10-15(22)7-8-16(14)18/h3-10,22H,11-12H2,1-2H3. The van der Waals surface area contributed by atoms with Gasteiger partial charge in [0.2, 0.25) is 10.0 Å². The summed E-state index contributed by atoms with van der Waals surface area (Å²) in [7, 11) is -3.72. The van der Waals surface area contributed by atoms with Crippen molar-refractivity contribution in [1.82, 2.24) is 0 Å². The molecule has 0 amide bonds. The molecular weight excluding hydrogens is 398 g/mol. The molecule has 0 aliphatic carbocycles. The van der Waals surface area contributed by atoms with E-state index in [4.69, 9.17) is 9.15 Å². The Hall–Kier alpha value is -3.33. The van der Waals surface area contributed by atoms with Crippen LogP contribution in [0.25, 0.3) is 11.0 Å². The molecule has 3 rings (SSSR count). The van der Waals surface area contributed by atoms with E-state index in [1.165, 1.54) is 24.3 Å². The number of para-hydroxylation sites is 1. The van der Waals surface area contributed by atoms with Gasteiger partial charge in [-0.2, -0.15) is 0 Å². The second kappa shape index (κ2) is 7.96. The molecule has 29 heavy (non-hydrogen) atoms. The quantitative estimate of drug-likeness (QED) is 0.483. The van der Waals surface area contributed by atoms with Crippen LogP contribution >= 0.6 is 0 Å². The summed E-state index contributed by atoms with van der Waals surface area (Å²) in [5.74, 6) is -0.851. The van der Waals surface area contributed by atoms with E-state index in [-0.39, 0.29) is 17.9 Å². The number of esters is 1. The number of ether oxygens (including phenoxy) is 1. The van der Waals surface area contributed by atoms with Crippen molar-refractivity contribution in [3.8, 4) is 5.75 Å². The average molecular weight is 417 g/mol. The zero-order valence-electron chi connectivity index (χ0n) is 15.8. The Morgan fingerprint density at radius 2 is 1.90 bits per heavy atom. The lowest BCUT2D eigenvalue weighted by atomic mass is 10.1. The number of phenolic OH excluding ortho intramolecular Hbond substituents is 1. The Morgan fingerprint density at radius 3 is 2.59 bits per heavy atom. The van der Waals surface area contributed by atoms with Crippen molar-refractivity contribution in [2.75, 3.05) is 17.1 Å². The van der Waals surface area contributed by atoms with Gasteiger partial charge in [0.05, 0.1) is 11.9 Å². The highest BCUT2D eigenvalue weighted by molar-refractivity contribution is 7.92. The van der Waals surface area contributed by atoms with Crippen molar-refractivity contribution in [3.63, 3.8) is 0 Å². The molecule has 1 aromatic heterocycles. The van der Waals surface area contributed by atoms with E-state index in [2.05, 4.69) is 0 Å². The van der Waals surface area contributed by atoms with Gasteiger partial charge in [-0.25, -0.2) is 13.2 Å². The molecule has 2 aromatic carbocycles. The van der Waals surface area contributed by atoms with Gasteiger partial charge < -0.3 is 14.3 Å². The number of anilines is 1. The second-order valence-electron chi connectivity index (χ2n) is 6.49. The zero-order chi connectivity index (χ0) is 21.2.